The number of rotatable bonds is 5. The number of thioether (sulfide) groups is 1. The summed E-state index contributed by atoms with van der Waals surface area (Å²) in [6.07, 6.45) is 3.60. The average Bonchev–Trinajstić information content (AvgIpc) is 3.49. The van der Waals surface area contributed by atoms with E-state index in [0.717, 1.165) is 30.8 Å². The first-order valence-electron chi connectivity index (χ1n) is 10.3. The van der Waals surface area contributed by atoms with Crippen molar-refractivity contribution in [3.63, 3.8) is 0 Å². The summed E-state index contributed by atoms with van der Waals surface area (Å²) in [4.78, 5) is 15.3. The van der Waals surface area contributed by atoms with Gasteiger partial charge in [0.1, 0.15) is 0 Å². The molecule has 0 saturated heterocycles. The first kappa shape index (κ1) is 19.6. The van der Waals surface area contributed by atoms with E-state index in [1.165, 1.54) is 17.3 Å². The first-order valence-corrected chi connectivity index (χ1v) is 11.2. The minimum atomic E-state index is -0.317. The molecule has 1 unspecified atom stereocenters. The number of hydrogen-bond donors (Lipinski definition) is 0. The molecule has 1 aliphatic heterocycles. The molecular formula is C24H22N4O2S. The van der Waals surface area contributed by atoms with Crippen LogP contribution in [-0.2, 0) is 11.2 Å². The molecule has 7 heteroatoms. The predicted octanol–water partition coefficient (Wildman–Crippen LogP) is 4.99. The lowest BCUT2D eigenvalue weighted by Gasteiger charge is -2.31. The van der Waals surface area contributed by atoms with E-state index < -0.39 is 0 Å². The molecule has 2 aromatic carbocycles. The van der Waals surface area contributed by atoms with Gasteiger partial charge in [0.15, 0.2) is 10.9 Å². The maximum Gasteiger partial charge on any atom is 0.240 e. The minimum Gasteiger partial charge on any atom is -0.461 e. The number of hydrogen-bond acceptors (Lipinski definition) is 5. The number of nitrogens with zero attached hydrogens (tertiary/aromatic N) is 4. The Labute approximate surface area is 184 Å². The molecule has 3 heterocycles. The van der Waals surface area contributed by atoms with E-state index >= 15 is 0 Å². The number of furan rings is 1. The summed E-state index contributed by atoms with van der Waals surface area (Å²) in [5.41, 5.74) is 3.17. The van der Waals surface area contributed by atoms with Crippen molar-refractivity contribution < 1.29 is 9.21 Å². The van der Waals surface area contributed by atoms with Crippen LogP contribution in [-0.4, -0.2) is 32.5 Å². The van der Waals surface area contributed by atoms with Gasteiger partial charge in [0, 0.05) is 17.9 Å². The van der Waals surface area contributed by atoms with Crippen LogP contribution in [0.15, 0.2) is 82.6 Å². The van der Waals surface area contributed by atoms with Gasteiger partial charge in [0.25, 0.3) is 0 Å². The Balaban J connectivity index is 1.46. The van der Waals surface area contributed by atoms with Crippen molar-refractivity contribution in [3.8, 4) is 17.3 Å². The number of carbonyl (C=O) groups excluding carboxylic acids is 1. The highest BCUT2D eigenvalue weighted by Gasteiger charge is 2.29. The molecular weight excluding hydrogens is 408 g/mol. The standard InChI is InChI=1S/C24H22N4O2S/c1-17(23(29)27-15-7-10-18-9-5-6-13-20(18)27)31-24-26-25-22(21-14-8-16-30-21)28(24)19-11-3-2-4-12-19/h2-6,8-9,11-14,16-17H,7,10,15H2,1H3. The van der Waals surface area contributed by atoms with Gasteiger partial charge in [-0.2, -0.15) is 0 Å². The fraction of sp³-hybridized carbons (Fsp3) is 0.208. The van der Waals surface area contributed by atoms with E-state index in [9.17, 15) is 4.79 Å². The van der Waals surface area contributed by atoms with Crippen LogP contribution >= 0.6 is 11.8 Å². The second-order valence-corrected chi connectivity index (χ2v) is 8.74. The Bertz CT molecular complexity index is 1190. The van der Waals surface area contributed by atoms with E-state index in [1.54, 1.807) is 6.26 Å². The van der Waals surface area contributed by atoms with Crippen molar-refractivity contribution in [2.24, 2.45) is 0 Å². The third-order valence-corrected chi connectivity index (χ3v) is 6.43. The van der Waals surface area contributed by atoms with Crippen LogP contribution in [0.2, 0.25) is 0 Å². The van der Waals surface area contributed by atoms with Gasteiger partial charge in [0.05, 0.1) is 11.5 Å². The smallest absolute Gasteiger partial charge is 0.240 e. The number of aromatic nitrogens is 3. The first-order chi connectivity index (χ1) is 15.2. The molecule has 0 N–H and O–H groups in total. The second kappa shape index (κ2) is 8.43. The molecule has 31 heavy (non-hydrogen) atoms. The van der Waals surface area contributed by atoms with Crippen molar-refractivity contribution in [2.75, 3.05) is 11.4 Å². The van der Waals surface area contributed by atoms with Gasteiger partial charge >= 0.3 is 0 Å². The van der Waals surface area contributed by atoms with Gasteiger partial charge in [-0.1, -0.05) is 48.2 Å². The Morgan fingerprint density at radius 1 is 1.03 bits per heavy atom. The summed E-state index contributed by atoms with van der Waals surface area (Å²) in [5.74, 6) is 1.33. The molecule has 0 radical (unpaired) electrons. The van der Waals surface area contributed by atoms with Crippen LogP contribution < -0.4 is 4.90 Å². The highest BCUT2D eigenvalue weighted by molar-refractivity contribution is 8.00. The Hall–Kier alpha value is -3.32. The lowest BCUT2D eigenvalue weighted by atomic mass is 10.0. The van der Waals surface area contributed by atoms with Crippen molar-refractivity contribution in [1.82, 2.24) is 14.8 Å². The Kier molecular flexibility index (Phi) is 5.34. The van der Waals surface area contributed by atoms with E-state index in [2.05, 4.69) is 16.3 Å². The largest absolute Gasteiger partial charge is 0.461 e. The number of para-hydroxylation sites is 2. The van der Waals surface area contributed by atoms with E-state index in [1.807, 2.05) is 77.1 Å². The monoisotopic (exact) mass is 430 g/mol. The number of amides is 1. The molecule has 156 valence electrons. The second-order valence-electron chi connectivity index (χ2n) is 7.44. The molecule has 5 rings (SSSR count). The van der Waals surface area contributed by atoms with Crippen molar-refractivity contribution in [2.45, 2.75) is 30.2 Å². The normalized spacial score (nSPS) is 14.3. The fourth-order valence-electron chi connectivity index (χ4n) is 3.91. The molecule has 2 aromatic heterocycles. The summed E-state index contributed by atoms with van der Waals surface area (Å²) in [7, 11) is 0. The van der Waals surface area contributed by atoms with Gasteiger partial charge in [-0.25, -0.2) is 0 Å². The van der Waals surface area contributed by atoms with Crippen molar-refractivity contribution in [1.29, 1.82) is 0 Å². The van der Waals surface area contributed by atoms with Gasteiger partial charge in [-0.15, -0.1) is 10.2 Å². The van der Waals surface area contributed by atoms with E-state index in [4.69, 9.17) is 4.42 Å². The number of anilines is 1. The topological polar surface area (TPSA) is 64.2 Å². The van der Waals surface area contributed by atoms with Crippen LogP contribution in [0, 0.1) is 0 Å². The molecule has 0 aliphatic carbocycles. The van der Waals surface area contributed by atoms with Crippen LogP contribution in [0.1, 0.15) is 18.9 Å². The minimum absolute atomic E-state index is 0.0827. The van der Waals surface area contributed by atoms with Crippen LogP contribution in [0.25, 0.3) is 17.3 Å². The predicted molar refractivity (Wildman–Crippen MR) is 121 cm³/mol. The molecule has 0 spiro atoms. The maximum atomic E-state index is 13.4. The fourth-order valence-corrected chi connectivity index (χ4v) is 4.84. The number of carbonyl (C=O) groups is 1. The zero-order valence-electron chi connectivity index (χ0n) is 17.1. The third kappa shape index (κ3) is 3.77. The SMILES string of the molecule is CC(Sc1nnc(-c2ccco2)n1-c1ccccc1)C(=O)N1CCCc2ccccc21. The zero-order valence-corrected chi connectivity index (χ0v) is 18.0. The van der Waals surface area contributed by atoms with Gasteiger partial charge in [-0.05, 0) is 55.7 Å². The third-order valence-electron chi connectivity index (χ3n) is 5.40. The maximum absolute atomic E-state index is 13.4. The van der Waals surface area contributed by atoms with Gasteiger partial charge < -0.3 is 9.32 Å². The molecule has 0 fully saturated rings. The zero-order chi connectivity index (χ0) is 21.2. The lowest BCUT2D eigenvalue weighted by molar-refractivity contribution is -0.117. The molecule has 6 nitrogen and oxygen atoms in total. The van der Waals surface area contributed by atoms with Crippen LogP contribution in [0.3, 0.4) is 0 Å². The Morgan fingerprint density at radius 2 is 1.84 bits per heavy atom. The summed E-state index contributed by atoms with van der Waals surface area (Å²) >= 11 is 1.42. The van der Waals surface area contributed by atoms with Gasteiger partial charge in [0.2, 0.25) is 11.7 Å². The summed E-state index contributed by atoms with van der Waals surface area (Å²) in [5, 5.41) is 9.11. The van der Waals surface area contributed by atoms with Crippen molar-refractivity contribution in [3.05, 3.63) is 78.6 Å². The van der Waals surface area contributed by atoms with Crippen LogP contribution in [0.5, 0.6) is 0 Å². The van der Waals surface area contributed by atoms with Crippen LogP contribution in [0.4, 0.5) is 5.69 Å². The summed E-state index contributed by atoms with van der Waals surface area (Å²) in [6, 6.07) is 21.7. The number of fused-ring (bicyclic) bond motifs is 1. The molecule has 0 bridgehead atoms. The Morgan fingerprint density at radius 3 is 2.65 bits per heavy atom. The van der Waals surface area contributed by atoms with Gasteiger partial charge in [-0.3, -0.25) is 9.36 Å². The molecule has 1 aliphatic rings. The summed E-state index contributed by atoms with van der Waals surface area (Å²) in [6.45, 7) is 2.67. The molecule has 4 aromatic rings. The average molecular weight is 431 g/mol. The number of benzene rings is 2. The van der Waals surface area contributed by atoms with Crippen molar-refractivity contribution >= 4 is 23.4 Å². The molecule has 0 saturated carbocycles. The molecule has 1 atom stereocenters. The summed E-state index contributed by atoms with van der Waals surface area (Å²) < 4.78 is 7.52. The quantitative estimate of drug-likeness (QED) is 0.418. The van der Waals surface area contributed by atoms with E-state index in [0.29, 0.717) is 16.7 Å². The lowest BCUT2D eigenvalue weighted by Crippen LogP contribution is -2.40. The number of aryl methyl sites for hydroxylation is 1. The highest BCUT2D eigenvalue weighted by Crippen LogP contribution is 2.33. The van der Waals surface area contributed by atoms with E-state index in [-0.39, 0.29) is 11.2 Å². The molecule has 1 amide bonds. The highest BCUT2D eigenvalue weighted by atomic mass is 32.2.